The Bertz CT molecular complexity index is 3510. The number of nitrogens with zero attached hydrogens (tertiary/aromatic N) is 3. The average Bonchev–Trinajstić information content (AvgIpc) is 3.91. The molecule has 0 radical (unpaired) electrons. The first-order valence-corrected chi connectivity index (χ1v) is 20.1. The second-order valence-corrected chi connectivity index (χ2v) is 15.1. The first-order chi connectivity index (χ1) is 29.7. The molecule has 5 heteroatoms. The topological polar surface area (TPSA) is 65.0 Å². The van der Waals surface area contributed by atoms with Gasteiger partial charge in [0, 0.05) is 54.7 Å². The summed E-state index contributed by atoms with van der Waals surface area (Å²) in [7, 11) is 0. The van der Waals surface area contributed by atoms with Gasteiger partial charge in [-0.3, -0.25) is 0 Å². The first kappa shape index (κ1) is 33.9. The summed E-state index contributed by atoms with van der Waals surface area (Å²) in [6.45, 7) is 0. The number of furan rings is 2. The molecule has 8 aromatic carbocycles. The molecule has 0 fully saturated rings. The highest BCUT2D eigenvalue weighted by Crippen LogP contribution is 2.45. The molecule has 4 heterocycles. The standard InChI is InChI=1S/C55H33N3O2/c1-3-13-35(14-4-1)45-33-46(36-15-5-2-6-16-36)58-55(57-45)39-29-23-34(24-30-39)40-31-32-49-52(43-19-9-11-21-47(43)59-49)50(40)37-25-27-38(28-26-37)53-54-51(41-17-7-10-20-44(41)56-53)42-18-8-12-22-48(42)60-54/h1-33H. The number of rotatable bonds is 6. The Morgan fingerprint density at radius 2 is 0.867 bits per heavy atom. The van der Waals surface area contributed by atoms with Crippen LogP contribution in [0.4, 0.5) is 0 Å². The van der Waals surface area contributed by atoms with Crippen molar-refractivity contribution in [1.82, 2.24) is 15.0 Å². The Kier molecular flexibility index (Phi) is 7.78. The number of aromatic nitrogens is 3. The van der Waals surface area contributed by atoms with Crippen molar-refractivity contribution in [2.75, 3.05) is 0 Å². The molecule has 0 spiro atoms. The maximum absolute atomic E-state index is 6.55. The van der Waals surface area contributed by atoms with E-state index in [0.29, 0.717) is 5.82 Å². The minimum Gasteiger partial charge on any atom is -0.456 e. The Labute approximate surface area is 344 Å². The molecule has 0 aliphatic rings. The van der Waals surface area contributed by atoms with E-state index < -0.39 is 0 Å². The number of hydrogen-bond acceptors (Lipinski definition) is 5. The van der Waals surface area contributed by atoms with Crippen LogP contribution in [-0.2, 0) is 0 Å². The number of pyridine rings is 1. The third kappa shape index (κ3) is 5.59. The van der Waals surface area contributed by atoms with E-state index in [9.17, 15) is 0 Å². The Balaban J connectivity index is 0.998. The van der Waals surface area contributed by atoms with E-state index in [1.54, 1.807) is 0 Å². The van der Waals surface area contributed by atoms with Crippen LogP contribution in [0.25, 0.3) is 122 Å². The summed E-state index contributed by atoms with van der Waals surface area (Å²) >= 11 is 0. The molecule has 0 bridgehead atoms. The van der Waals surface area contributed by atoms with Crippen LogP contribution >= 0.6 is 0 Å². The van der Waals surface area contributed by atoms with E-state index in [4.69, 9.17) is 23.8 Å². The molecule has 0 saturated carbocycles. The van der Waals surface area contributed by atoms with Crippen molar-refractivity contribution in [3.63, 3.8) is 0 Å². The van der Waals surface area contributed by atoms with Gasteiger partial charge in [-0.05, 0) is 47.0 Å². The Morgan fingerprint density at radius 1 is 0.333 bits per heavy atom. The molecule has 60 heavy (non-hydrogen) atoms. The second-order valence-electron chi connectivity index (χ2n) is 15.1. The average molecular weight is 768 g/mol. The molecular weight excluding hydrogens is 735 g/mol. The third-order valence-electron chi connectivity index (χ3n) is 11.5. The number of fused-ring (bicyclic) bond motifs is 8. The number of para-hydroxylation sites is 3. The highest BCUT2D eigenvalue weighted by atomic mass is 16.3. The van der Waals surface area contributed by atoms with Gasteiger partial charge in [0.05, 0.1) is 16.9 Å². The molecule has 0 unspecified atom stereocenters. The maximum Gasteiger partial charge on any atom is 0.162 e. The molecule has 5 nitrogen and oxygen atoms in total. The van der Waals surface area contributed by atoms with Crippen LogP contribution < -0.4 is 0 Å². The lowest BCUT2D eigenvalue weighted by Crippen LogP contribution is -1.96. The van der Waals surface area contributed by atoms with Gasteiger partial charge in [0.1, 0.15) is 22.4 Å². The van der Waals surface area contributed by atoms with E-state index in [1.165, 1.54) is 0 Å². The molecule has 0 amide bonds. The molecule has 12 aromatic rings. The molecule has 0 aliphatic carbocycles. The minimum absolute atomic E-state index is 0.676. The van der Waals surface area contributed by atoms with E-state index in [2.05, 4.69) is 133 Å². The molecule has 0 N–H and O–H groups in total. The fourth-order valence-electron chi connectivity index (χ4n) is 8.67. The van der Waals surface area contributed by atoms with E-state index >= 15 is 0 Å². The van der Waals surface area contributed by atoms with Crippen molar-refractivity contribution in [3.8, 4) is 67.4 Å². The van der Waals surface area contributed by atoms with Crippen LogP contribution in [0.15, 0.2) is 209 Å². The highest BCUT2D eigenvalue weighted by Gasteiger charge is 2.21. The van der Waals surface area contributed by atoms with Gasteiger partial charge in [0.2, 0.25) is 0 Å². The number of benzene rings is 8. The van der Waals surface area contributed by atoms with Gasteiger partial charge in [-0.1, -0.05) is 170 Å². The summed E-state index contributed by atoms with van der Waals surface area (Å²) in [6, 6.07) is 69.0. The lowest BCUT2D eigenvalue weighted by atomic mass is 9.89. The molecule has 280 valence electrons. The van der Waals surface area contributed by atoms with Crippen molar-refractivity contribution >= 4 is 54.8 Å². The number of hydrogen-bond donors (Lipinski definition) is 0. The molecular formula is C55H33N3O2. The minimum atomic E-state index is 0.676. The molecule has 0 aliphatic heterocycles. The zero-order chi connectivity index (χ0) is 39.6. The quantitative estimate of drug-likeness (QED) is 0.169. The SMILES string of the molecule is c1ccc(-c2cc(-c3ccccc3)nc(-c3ccc(-c4ccc5oc6ccccc6c5c4-c4ccc(-c5nc6ccccc6c6c5oc5ccccc56)cc4)cc3)n2)cc1. The Hall–Kier alpha value is -8.15. The first-order valence-electron chi connectivity index (χ1n) is 20.1. The molecule has 0 saturated heterocycles. The van der Waals surface area contributed by atoms with Crippen molar-refractivity contribution in [1.29, 1.82) is 0 Å². The summed E-state index contributed by atoms with van der Waals surface area (Å²) in [4.78, 5) is 15.3. The summed E-state index contributed by atoms with van der Waals surface area (Å²) in [5.74, 6) is 0.676. The largest absolute Gasteiger partial charge is 0.456 e. The van der Waals surface area contributed by atoms with Gasteiger partial charge < -0.3 is 8.83 Å². The van der Waals surface area contributed by atoms with E-state index in [1.807, 2.05) is 66.7 Å². The van der Waals surface area contributed by atoms with Crippen molar-refractivity contribution in [3.05, 3.63) is 200 Å². The van der Waals surface area contributed by atoms with Crippen LogP contribution in [0.5, 0.6) is 0 Å². The second kappa shape index (κ2) is 13.8. The van der Waals surface area contributed by atoms with E-state index in [0.717, 1.165) is 116 Å². The van der Waals surface area contributed by atoms with Gasteiger partial charge in [0.25, 0.3) is 0 Å². The predicted molar refractivity (Wildman–Crippen MR) is 245 cm³/mol. The van der Waals surface area contributed by atoms with Gasteiger partial charge in [0.15, 0.2) is 11.4 Å². The summed E-state index contributed by atoms with van der Waals surface area (Å²) in [6.07, 6.45) is 0. The fourth-order valence-corrected chi connectivity index (χ4v) is 8.67. The molecule has 0 atom stereocenters. The Morgan fingerprint density at radius 3 is 1.55 bits per heavy atom. The monoisotopic (exact) mass is 767 g/mol. The maximum atomic E-state index is 6.55. The zero-order valence-electron chi connectivity index (χ0n) is 32.2. The lowest BCUT2D eigenvalue weighted by molar-refractivity contribution is 0.668. The van der Waals surface area contributed by atoms with Crippen molar-refractivity contribution in [2.45, 2.75) is 0 Å². The molecule has 4 aromatic heterocycles. The van der Waals surface area contributed by atoms with Crippen molar-refractivity contribution < 1.29 is 8.83 Å². The predicted octanol–water partition coefficient (Wildman–Crippen LogP) is 14.8. The zero-order valence-corrected chi connectivity index (χ0v) is 32.2. The normalized spacial score (nSPS) is 11.7. The van der Waals surface area contributed by atoms with Crippen LogP contribution in [0.2, 0.25) is 0 Å². The smallest absolute Gasteiger partial charge is 0.162 e. The fraction of sp³-hybridized carbons (Fsp3) is 0. The van der Waals surface area contributed by atoms with Gasteiger partial charge in [-0.2, -0.15) is 0 Å². The van der Waals surface area contributed by atoms with E-state index in [-0.39, 0.29) is 0 Å². The summed E-state index contributed by atoms with van der Waals surface area (Å²) in [5, 5.41) is 5.41. The van der Waals surface area contributed by atoms with Gasteiger partial charge in [-0.15, -0.1) is 0 Å². The van der Waals surface area contributed by atoms with Crippen molar-refractivity contribution in [2.24, 2.45) is 0 Å². The summed E-state index contributed by atoms with van der Waals surface area (Å²) < 4.78 is 13.0. The third-order valence-corrected chi connectivity index (χ3v) is 11.5. The van der Waals surface area contributed by atoms with Gasteiger partial charge in [-0.25, -0.2) is 15.0 Å². The summed E-state index contributed by atoms with van der Waals surface area (Å²) in [5.41, 5.74) is 15.2. The highest BCUT2D eigenvalue weighted by molar-refractivity contribution is 6.21. The van der Waals surface area contributed by atoms with Gasteiger partial charge >= 0.3 is 0 Å². The van der Waals surface area contributed by atoms with Crippen LogP contribution in [0.3, 0.4) is 0 Å². The van der Waals surface area contributed by atoms with Crippen LogP contribution in [0.1, 0.15) is 0 Å². The van der Waals surface area contributed by atoms with Crippen LogP contribution in [0, 0.1) is 0 Å². The molecule has 12 rings (SSSR count). The van der Waals surface area contributed by atoms with Crippen LogP contribution in [-0.4, -0.2) is 15.0 Å². The lowest BCUT2D eigenvalue weighted by Gasteiger charge is -2.14.